The number of aliphatic imine (C=N–C) groups is 1. The van der Waals surface area contributed by atoms with Crippen molar-refractivity contribution < 1.29 is 13.5 Å². The lowest BCUT2D eigenvalue weighted by molar-refractivity contribution is 0.181. The number of halogens is 2. The molecule has 0 atom stereocenters. The Balaban J connectivity index is 1.95. The zero-order valence-electron chi connectivity index (χ0n) is 16.3. The van der Waals surface area contributed by atoms with Gasteiger partial charge in [-0.05, 0) is 35.4 Å². The lowest BCUT2D eigenvalue weighted by Crippen LogP contribution is -2.43. The molecule has 0 bridgehead atoms. The van der Waals surface area contributed by atoms with E-state index in [4.69, 9.17) is 4.74 Å². The zero-order valence-corrected chi connectivity index (χ0v) is 16.3. The predicted molar refractivity (Wildman–Crippen MR) is 105 cm³/mol. The van der Waals surface area contributed by atoms with Gasteiger partial charge in [0.1, 0.15) is 11.6 Å². The molecule has 0 fully saturated rings. The summed E-state index contributed by atoms with van der Waals surface area (Å²) in [6, 6.07) is 11.6. The summed E-state index contributed by atoms with van der Waals surface area (Å²) in [5.74, 6) is 0.100. The Morgan fingerprint density at radius 3 is 2.56 bits per heavy atom. The van der Waals surface area contributed by atoms with Crippen molar-refractivity contribution >= 4 is 5.96 Å². The summed E-state index contributed by atoms with van der Waals surface area (Å²) in [7, 11) is 3.22. The van der Waals surface area contributed by atoms with Crippen molar-refractivity contribution in [1.29, 1.82) is 0 Å². The number of methoxy groups -OCH3 is 1. The zero-order chi connectivity index (χ0) is 19.9. The lowest BCUT2D eigenvalue weighted by Gasteiger charge is -2.27. The molecule has 0 amide bonds. The van der Waals surface area contributed by atoms with Crippen molar-refractivity contribution in [3.05, 3.63) is 70.8 Å². The first-order valence-electron chi connectivity index (χ1n) is 8.82. The Bertz CT molecular complexity index is 791. The fourth-order valence-corrected chi connectivity index (χ4v) is 2.73. The molecule has 27 heavy (non-hydrogen) atoms. The van der Waals surface area contributed by atoms with Gasteiger partial charge in [0.2, 0.25) is 0 Å². The fourth-order valence-electron chi connectivity index (χ4n) is 2.73. The molecule has 4 nitrogen and oxygen atoms in total. The number of nitrogens with zero attached hydrogens (tertiary/aromatic N) is 1. The normalized spacial score (nSPS) is 12.1. The van der Waals surface area contributed by atoms with E-state index < -0.39 is 0 Å². The number of nitrogens with one attached hydrogen (secondary N) is 2. The first kappa shape index (κ1) is 20.8. The molecule has 0 aromatic heterocycles. The Morgan fingerprint density at radius 2 is 1.89 bits per heavy atom. The first-order chi connectivity index (χ1) is 12.9. The van der Waals surface area contributed by atoms with E-state index in [0.29, 0.717) is 24.6 Å². The van der Waals surface area contributed by atoms with Crippen LogP contribution in [-0.4, -0.2) is 26.7 Å². The van der Waals surface area contributed by atoms with E-state index in [-0.39, 0.29) is 23.7 Å². The second-order valence-corrected chi connectivity index (χ2v) is 7.03. The minimum absolute atomic E-state index is 0.231. The molecule has 2 aromatic rings. The van der Waals surface area contributed by atoms with E-state index in [9.17, 15) is 8.78 Å². The van der Waals surface area contributed by atoms with E-state index in [0.717, 1.165) is 11.1 Å². The SMILES string of the molecule is CN=C(NCc1ccc(F)c(COC)c1)NCC(C)(C)c1cccc(F)c1. The van der Waals surface area contributed by atoms with Crippen molar-refractivity contribution in [2.75, 3.05) is 20.7 Å². The van der Waals surface area contributed by atoms with Crippen LogP contribution in [0.2, 0.25) is 0 Å². The minimum atomic E-state index is -0.278. The van der Waals surface area contributed by atoms with Crippen LogP contribution in [0, 0.1) is 11.6 Å². The molecule has 2 rings (SSSR count). The largest absolute Gasteiger partial charge is 0.380 e. The predicted octanol–water partition coefficient (Wildman–Crippen LogP) is 3.75. The van der Waals surface area contributed by atoms with Crippen LogP contribution in [0.15, 0.2) is 47.5 Å². The maximum atomic E-state index is 13.7. The van der Waals surface area contributed by atoms with Gasteiger partial charge in [-0.2, -0.15) is 0 Å². The molecule has 0 aliphatic carbocycles. The highest BCUT2D eigenvalue weighted by Crippen LogP contribution is 2.22. The average molecular weight is 375 g/mol. The third kappa shape index (κ3) is 6.03. The second-order valence-electron chi connectivity index (χ2n) is 7.03. The highest BCUT2D eigenvalue weighted by atomic mass is 19.1. The second kappa shape index (κ2) is 9.46. The molecule has 0 saturated heterocycles. The minimum Gasteiger partial charge on any atom is -0.380 e. The molecule has 146 valence electrons. The smallest absolute Gasteiger partial charge is 0.191 e. The van der Waals surface area contributed by atoms with Crippen molar-refractivity contribution in [1.82, 2.24) is 10.6 Å². The molecule has 0 radical (unpaired) electrons. The molecular formula is C21H27F2N3O. The van der Waals surface area contributed by atoms with E-state index in [2.05, 4.69) is 15.6 Å². The standard InChI is InChI=1S/C21H27F2N3O/c1-21(2,17-6-5-7-18(22)11-17)14-26-20(24-3)25-12-15-8-9-19(23)16(10-15)13-27-4/h5-11H,12-14H2,1-4H3,(H2,24,25,26). The number of ether oxygens (including phenoxy) is 1. The molecule has 0 heterocycles. The summed E-state index contributed by atoms with van der Waals surface area (Å²) in [5.41, 5.74) is 2.08. The summed E-state index contributed by atoms with van der Waals surface area (Å²) < 4.78 is 32.2. The van der Waals surface area contributed by atoms with Gasteiger partial charge in [0.25, 0.3) is 0 Å². The molecule has 0 aliphatic heterocycles. The molecule has 2 aromatic carbocycles. The van der Waals surface area contributed by atoms with Crippen LogP contribution in [0.25, 0.3) is 0 Å². The molecule has 6 heteroatoms. The fraction of sp³-hybridized carbons (Fsp3) is 0.381. The van der Waals surface area contributed by atoms with Crippen molar-refractivity contribution in [2.24, 2.45) is 4.99 Å². The highest BCUT2D eigenvalue weighted by Gasteiger charge is 2.21. The molecule has 0 unspecified atom stereocenters. The Morgan fingerprint density at radius 1 is 1.11 bits per heavy atom. The highest BCUT2D eigenvalue weighted by molar-refractivity contribution is 5.79. The van der Waals surface area contributed by atoms with Gasteiger partial charge in [-0.1, -0.05) is 32.0 Å². The summed E-state index contributed by atoms with van der Waals surface area (Å²) in [4.78, 5) is 4.22. The van der Waals surface area contributed by atoms with Crippen LogP contribution in [0.5, 0.6) is 0 Å². The summed E-state index contributed by atoms with van der Waals surface area (Å²) in [5, 5.41) is 6.48. The first-order valence-corrected chi connectivity index (χ1v) is 8.82. The lowest BCUT2D eigenvalue weighted by atomic mass is 9.84. The van der Waals surface area contributed by atoms with Crippen molar-refractivity contribution in [2.45, 2.75) is 32.4 Å². The molecular weight excluding hydrogens is 348 g/mol. The van der Waals surface area contributed by atoms with Gasteiger partial charge in [0, 0.05) is 38.2 Å². The number of benzene rings is 2. The van der Waals surface area contributed by atoms with Crippen LogP contribution in [0.4, 0.5) is 8.78 Å². The Hall–Kier alpha value is -2.47. The monoisotopic (exact) mass is 375 g/mol. The molecule has 0 saturated carbocycles. The maximum Gasteiger partial charge on any atom is 0.191 e. The van der Waals surface area contributed by atoms with Crippen LogP contribution in [0.1, 0.15) is 30.5 Å². The van der Waals surface area contributed by atoms with E-state index in [1.54, 1.807) is 31.3 Å². The van der Waals surface area contributed by atoms with Gasteiger partial charge in [0.15, 0.2) is 5.96 Å². The van der Waals surface area contributed by atoms with Crippen molar-refractivity contribution in [3.63, 3.8) is 0 Å². The molecule has 0 aliphatic rings. The number of guanidine groups is 1. The van der Waals surface area contributed by atoms with Crippen LogP contribution in [-0.2, 0) is 23.3 Å². The van der Waals surface area contributed by atoms with Gasteiger partial charge in [0.05, 0.1) is 6.61 Å². The summed E-state index contributed by atoms with van der Waals surface area (Å²) in [6.45, 7) is 5.39. The van der Waals surface area contributed by atoms with Gasteiger partial charge in [-0.25, -0.2) is 8.78 Å². The molecule has 0 spiro atoms. The van der Waals surface area contributed by atoms with E-state index in [1.807, 2.05) is 19.9 Å². The van der Waals surface area contributed by atoms with Crippen LogP contribution in [0.3, 0.4) is 0 Å². The summed E-state index contributed by atoms with van der Waals surface area (Å²) in [6.07, 6.45) is 0. The third-order valence-corrected chi connectivity index (χ3v) is 4.40. The van der Waals surface area contributed by atoms with Gasteiger partial charge >= 0.3 is 0 Å². The van der Waals surface area contributed by atoms with Gasteiger partial charge in [-0.15, -0.1) is 0 Å². The maximum absolute atomic E-state index is 13.7. The third-order valence-electron chi connectivity index (χ3n) is 4.40. The van der Waals surface area contributed by atoms with Crippen molar-refractivity contribution in [3.8, 4) is 0 Å². The van der Waals surface area contributed by atoms with E-state index >= 15 is 0 Å². The number of hydrogen-bond donors (Lipinski definition) is 2. The van der Waals surface area contributed by atoms with Gasteiger partial charge in [-0.3, -0.25) is 4.99 Å². The van der Waals surface area contributed by atoms with E-state index in [1.165, 1.54) is 19.2 Å². The topological polar surface area (TPSA) is 45.7 Å². The average Bonchev–Trinajstić information content (AvgIpc) is 2.64. The van der Waals surface area contributed by atoms with Gasteiger partial charge < -0.3 is 15.4 Å². The Labute approximate surface area is 159 Å². The number of rotatable bonds is 7. The molecule has 2 N–H and O–H groups in total. The van der Waals surface area contributed by atoms with Crippen LogP contribution >= 0.6 is 0 Å². The quantitative estimate of drug-likeness (QED) is 0.572. The van der Waals surface area contributed by atoms with Crippen LogP contribution < -0.4 is 10.6 Å². The Kier molecular flexibility index (Phi) is 7.30. The number of hydrogen-bond acceptors (Lipinski definition) is 2. The summed E-state index contributed by atoms with van der Waals surface area (Å²) >= 11 is 0.